The van der Waals surface area contributed by atoms with Gasteiger partial charge in [0.1, 0.15) is 0 Å². The minimum atomic E-state index is -3.42. The summed E-state index contributed by atoms with van der Waals surface area (Å²) >= 11 is 1.15. The molecule has 1 aliphatic rings. The summed E-state index contributed by atoms with van der Waals surface area (Å²) in [7, 11) is -3.42. The predicted octanol–water partition coefficient (Wildman–Crippen LogP) is 0.214. The highest BCUT2D eigenvalue weighted by Crippen LogP contribution is 2.44. The van der Waals surface area contributed by atoms with E-state index in [1.165, 1.54) is 11.9 Å². The van der Waals surface area contributed by atoms with Gasteiger partial charge in [0.2, 0.25) is 15.9 Å². The topological polar surface area (TPSA) is 105 Å². The first kappa shape index (κ1) is 15.8. The van der Waals surface area contributed by atoms with Gasteiger partial charge >= 0.3 is 0 Å². The van der Waals surface area contributed by atoms with Crippen molar-refractivity contribution in [1.82, 2.24) is 9.73 Å². The first-order chi connectivity index (χ1) is 9.74. The lowest BCUT2D eigenvalue weighted by Gasteiger charge is -2.34. The van der Waals surface area contributed by atoms with Crippen LogP contribution in [0.2, 0.25) is 0 Å². The van der Waals surface area contributed by atoms with E-state index in [9.17, 15) is 13.2 Å². The number of nitrogens with two attached hydrogens (primary N) is 1. The zero-order valence-electron chi connectivity index (χ0n) is 11.6. The Morgan fingerprint density at radius 1 is 1.43 bits per heavy atom. The number of nitrogens with zero attached hydrogens (tertiary/aromatic N) is 2. The number of rotatable bonds is 4. The average molecular weight is 328 g/mol. The molecule has 0 saturated heterocycles. The highest BCUT2D eigenvalue weighted by molar-refractivity contribution is 8.14. The van der Waals surface area contributed by atoms with Crippen LogP contribution in [0.4, 0.5) is 0 Å². The van der Waals surface area contributed by atoms with Gasteiger partial charge in [0.15, 0.2) is 10.0 Å². The van der Waals surface area contributed by atoms with Crippen molar-refractivity contribution in [2.24, 2.45) is 10.8 Å². The van der Waals surface area contributed by atoms with E-state index in [-0.39, 0.29) is 17.6 Å². The molecule has 1 heterocycles. The van der Waals surface area contributed by atoms with Crippen LogP contribution in [0.1, 0.15) is 12.5 Å². The number of amidine groups is 1. The summed E-state index contributed by atoms with van der Waals surface area (Å²) in [6.07, 6.45) is 1.06. The molecule has 1 unspecified atom stereocenters. The highest BCUT2D eigenvalue weighted by atomic mass is 32.2. The Labute approximate surface area is 127 Å². The van der Waals surface area contributed by atoms with Gasteiger partial charge in [-0.1, -0.05) is 42.1 Å². The molecule has 1 aromatic carbocycles. The molecule has 0 aliphatic carbocycles. The van der Waals surface area contributed by atoms with Crippen LogP contribution in [0, 0.1) is 0 Å². The van der Waals surface area contributed by atoms with Crippen molar-refractivity contribution < 1.29 is 13.2 Å². The summed E-state index contributed by atoms with van der Waals surface area (Å²) in [6.45, 7) is 1.34. The highest BCUT2D eigenvalue weighted by Gasteiger charge is 2.47. The molecule has 0 bridgehead atoms. The van der Waals surface area contributed by atoms with Crippen LogP contribution in [-0.2, 0) is 19.7 Å². The summed E-state index contributed by atoms with van der Waals surface area (Å²) in [5.74, 6) is -0.317. The maximum Gasteiger partial charge on any atom is 0.241 e. The maximum absolute atomic E-state index is 11.9. The van der Waals surface area contributed by atoms with Crippen molar-refractivity contribution in [1.29, 1.82) is 0 Å². The Morgan fingerprint density at radius 2 is 2.05 bits per heavy atom. The van der Waals surface area contributed by atoms with Gasteiger partial charge in [-0.25, -0.2) is 18.1 Å². The van der Waals surface area contributed by atoms with Crippen LogP contribution in [0.15, 0.2) is 35.4 Å². The van der Waals surface area contributed by atoms with Gasteiger partial charge in [-0.15, -0.1) is 5.10 Å². The molecular formula is C12H16N4O3S2. The second kappa shape index (κ2) is 5.66. The third kappa shape index (κ3) is 3.36. The lowest BCUT2D eigenvalue weighted by molar-refractivity contribution is -0.132. The molecule has 7 nitrogen and oxygen atoms in total. The first-order valence-corrected chi connectivity index (χ1v) is 8.79. The van der Waals surface area contributed by atoms with Gasteiger partial charge in [0.05, 0.1) is 12.8 Å². The van der Waals surface area contributed by atoms with Gasteiger partial charge in [0.25, 0.3) is 0 Å². The van der Waals surface area contributed by atoms with Crippen LogP contribution in [-0.4, -0.2) is 37.3 Å². The molecule has 0 spiro atoms. The molecule has 1 aliphatic heterocycles. The van der Waals surface area contributed by atoms with Crippen LogP contribution in [0.3, 0.4) is 0 Å². The molecule has 21 heavy (non-hydrogen) atoms. The fraction of sp³-hybridized carbons (Fsp3) is 0.333. The summed E-state index contributed by atoms with van der Waals surface area (Å²) < 4.78 is 25.3. The zero-order valence-corrected chi connectivity index (χ0v) is 13.2. The smallest absolute Gasteiger partial charge is 0.241 e. The zero-order chi connectivity index (χ0) is 15.7. The van der Waals surface area contributed by atoms with Crippen molar-refractivity contribution in [3.8, 4) is 0 Å². The van der Waals surface area contributed by atoms with E-state index in [1.807, 2.05) is 18.2 Å². The summed E-state index contributed by atoms with van der Waals surface area (Å²) in [5, 5.41) is 5.46. The average Bonchev–Trinajstić information content (AvgIpc) is 2.75. The van der Waals surface area contributed by atoms with Crippen molar-refractivity contribution in [3.63, 3.8) is 0 Å². The maximum atomic E-state index is 11.9. The summed E-state index contributed by atoms with van der Waals surface area (Å²) in [6, 6.07) is 9.07. The number of hydrogen-bond donors (Lipinski definition) is 2. The molecule has 0 aromatic heterocycles. The van der Waals surface area contributed by atoms with Crippen LogP contribution < -0.4 is 10.5 Å². The standard InChI is InChI=1S/C12H16N4O3S2/c1-9(17)16-12(20-11(13)15-16,8-14-21(2,18)19)10-6-4-3-5-7-10/h3-7,14H,8H2,1-2H3,(H2,13,15). The van der Waals surface area contributed by atoms with Crippen LogP contribution in [0.25, 0.3) is 0 Å². The van der Waals surface area contributed by atoms with Crippen LogP contribution >= 0.6 is 11.8 Å². The van der Waals surface area contributed by atoms with Crippen molar-refractivity contribution >= 4 is 32.9 Å². The predicted molar refractivity (Wildman–Crippen MR) is 82.7 cm³/mol. The number of carbonyl (C=O) groups excluding carboxylic acids is 1. The number of benzene rings is 1. The van der Waals surface area contributed by atoms with E-state index in [0.717, 1.165) is 23.6 Å². The summed E-state index contributed by atoms with van der Waals surface area (Å²) in [5.41, 5.74) is 6.50. The largest absolute Gasteiger partial charge is 0.377 e. The Morgan fingerprint density at radius 3 is 2.57 bits per heavy atom. The van der Waals surface area contributed by atoms with Gasteiger partial charge in [-0.3, -0.25) is 4.79 Å². The molecule has 1 atom stereocenters. The van der Waals surface area contributed by atoms with E-state index in [1.54, 1.807) is 12.1 Å². The quantitative estimate of drug-likeness (QED) is 0.822. The molecule has 1 aromatic rings. The molecule has 3 N–H and O–H groups in total. The number of hydrogen-bond acceptors (Lipinski definition) is 6. The molecule has 2 rings (SSSR count). The van der Waals surface area contributed by atoms with Gasteiger partial charge in [0, 0.05) is 6.92 Å². The van der Waals surface area contributed by atoms with E-state index < -0.39 is 14.9 Å². The normalized spacial score (nSPS) is 22.2. The van der Waals surface area contributed by atoms with E-state index in [2.05, 4.69) is 9.82 Å². The van der Waals surface area contributed by atoms with Gasteiger partial charge < -0.3 is 5.73 Å². The number of amides is 1. The molecule has 0 saturated carbocycles. The Bertz CT molecular complexity index is 675. The number of nitrogens with one attached hydrogen (secondary N) is 1. The molecule has 9 heteroatoms. The van der Waals surface area contributed by atoms with Gasteiger partial charge in [-0.2, -0.15) is 0 Å². The lowest BCUT2D eigenvalue weighted by atomic mass is 10.1. The minimum Gasteiger partial charge on any atom is -0.377 e. The number of sulfonamides is 1. The first-order valence-electron chi connectivity index (χ1n) is 6.09. The van der Waals surface area contributed by atoms with E-state index >= 15 is 0 Å². The molecule has 1 amide bonds. The Kier molecular flexibility index (Phi) is 4.26. The van der Waals surface area contributed by atoms with Crippen LogP contribution in [0.5, 0.6) is 0 Å². The minimum absolute atomic E-state index is 0.0235. The third-order valence-corrected chi connectivity index (χ3v) is 4.76. The van der Waals surface area contributed by atoms with Crippen molar-refractivity contribution in [3.05, 3.63) is 35.9 Å². The third-order valence-electron chi connectivity index (χ3n) is 2.91. The van der Waals surface area contributed by atoms with Crippen molar-refractivity contribution in [2.45, 2.75) is 11.8 Å². The molecule has 114 valence electrons. The van der Waals surface area contributed by atoms with E-state index in [4.69, 9.17) is 5.73 Å². The Balaban J connectivity index is 2.47. The lowest BCUT2D eigenvalue weighted by Crippen LogP contribution is -2.48. The second-order valence-electron chi connectivity index (χ2n) is 4.61. The summed E-state index contributed by atoms with van der Waals surface area (Å²) in [4.78, 5) is 10.9. The van der Waals surface area contributed by atoms with E-state index in [0.29, 0.717) is 0 Å². The SMILES string of the molecule is CC(=O)N1N=C(N)SC1(CNS(C)(=O)=O)c1ccccc1. The van der Waals surface area contributed by atoms with Gasteiger partial charge in [-0.05, 0) is 5.56 Å². The molecule has 0 radical (unpaired) electrons. The Hall–Kier alpha value is -1.58. The fourth-order valence-electron chi connectivity index (χ4n) is 2.06. The number of hydrazone groups is 1. The van der Waals surface area contributed by atoms with Crippen molar-refractivity contribution in [2.75, 3.05) is 12.8 Å². The second-order valence-corrected chi connectivity index (χ2v) is 7.75. The molecular weight excluding hydrogens is 312 g/mol. The molecule has 0 fully saturated rings. The number of carbonyl (C=O) groups is 1. The fourth-order valence-corrected chi connectivity index (χ4v) is 3.75. The number of thioether (sulfide) groups is 1. The monoisotopic (exact) mass is 328 g/mol.